The highest BCUT2D eigenvalue weighted by molar-refractivity contribution is 5.91. The van der Waals surface area contributed by atoms with E-state index in [1.54, 1.807) is 17.2 Å². The van der Waals surface area contributed by atoms with Gasteiger partial charge in [0.1, 0.15) is 24.1 Å². The number of unbranched alkanes of at least 4 members (excludes halogenated alkanes) is 1. The zero-order chi connectivity index (χ0) is 18.4. The summed E-state index contributed by atoms with van der Waals surface area (Å²) in [4.78, 5) is 5.90. The number of amidine groups is 1. The van der Waals surface area contributed by atoms with Crippen molar-refractivity contribution in [3.8, 4) is 0 Å². The van der Waals surface area contributed by atoms with Crippen LogP contribution >= 0.6 is 0 Å². The number of nitrogens with one attached hydrogen (secondary N) is 3. The van der Waals surface area contributed by atoms with Crippen molar-refractivity contribution in [2.24, 2.45) is 16.5 Å². The Bertz CT molecular complexity index is 515. The van der Waals surface area contributed by atoms with Gasteiger partial charge in [0, 0.05) is 12.7 Å². The number of hydrogen-bond donors (Lipinski definition) is 8. The summed E-state index contributed by atoms with van der Waals surface area (Å²) < 4.78 is 5.54. The van der Waals surface area contributed by atoms with E-state index in [2.05, 4.69) is 15.6 Å². The van der Waals surface area contributed by atoms with E-state index in [1.165, 1.54) is 0 Å². The Hall–Kier alpha value is -1.92. The molecule has 2 unspecified atom stereocenters. The number of hydrogen-bond acceptors (Lipinski definition) is 9. The van der Waals surface area contributed by atoms with Crippen LogP contribution in [0.4, 0.5) is 0 Å². The van der Waals surface area contributed by atoms with Crippen LogP contribution in [-0.4, -0.2) is 82.5 Å². The van der Waals surface area contributed by atoms with Gasteiger partial charge in [-0.25, -0.2) is 4.99 Å². The van der Waals surface area contributed by atoms with Crippen molar-refractivity contribution in [1.29, 1.82) is 5.41 Å². The molecule has 1 fully saturated rings. The van der Waals surface area contributed by atoms with Crippen LogP contribution in [0.25, 0.3) is 0 Å². The number of aliphatic imine (C=N–C) groups is 1. The second-order valence-corrected chi connectivity index (χ2v) is 5.92. The van der Waals surface area contributed by atoms with Crippen LogP contribution in [0.3, 0.4) is 0 Å². The average Bonchev–Trinajstić information content (AvgIpc) is 2.86. The molecule has 0 aliphatic carbocycles. The van der Waals surface area contributed by atoms with Gasteiger partial charge in [0.15, 0.2) is 18.5 Å². The van der Waals surface area contributed by atoms with Crippen molar-refractivity contribution in [2.45, 2.75) is 43.7 Å². The lowest BCUT2D eigenvalue weighted by molar-refractivity contribution is -0.0962. The third-order valence-corrected chi connectivity index (χ3v) is 4.03. The fourth-order valence-corrected chi connectivity index (χ4v) is 2.70. The molecule has 0 aromatic carbocycles. The van der Waals surface area contributed by atoms with Gasteiger partial charge in [0.25, 0.3) is 0 Å². The summed E-state index contributed by atoms with van der Waals surface area (Å²) in [5, 5.41) is 42.3. The van der Waals surface area contributed by atoms with Crippen LogP contribution < -0.4 is 22.1 Å². The lowest BCUT2D eigenvalue weighted by Gasteiger charge is -2.36. The third kappa shape index (κ3) is 5.03. The predicted molar refractivity (Wildman–Crippen MR) is 91.3 cm³/mol. The van der Waals surface area contributed by atoms with E-state index >= 15 is 0 Å². The Morgan fingerprint density at radius 1 is 1.32 bits per heavy atom. The quantitative estimate of drug-likeness (QED) is 0.125. The molecule has 0 amide bonds. The first kappa shape index (κ1) is 19.4. The van der Waals surface area contributed by atoms with E-state index in [9.17, 15) is 15.3 Å². The highest BCUT2D eigenvalue weighted by atomic mass is 16.6. The number of guanidine groups is 1. The molecule has 2 aliphatic rings. The van der Waals surface area contributed by atoms with Gasteiger partial charge in [0.05, 0.1) is 6.61 Å². The molecular weight excluding hydrogens is 330 g/mol. The predicted octanol–water partition coefficient (Wildman–Crippen LogP) is -3.25. The van der Waals surface area contributed by atoms with Crippen LogP contribution in [0, 0.1) is 5.41 Å². The van der Waals surface area contributed by atoms with Gasteiger partial charge in [-0.2, -0.15) is 0 Å². The van der Waals surface area contributed by atoms with Crippen LogP contribution in [0.2, 0.25) is 0 Å². The smallest absolute Gasteiger partial charge is 0.185 e. The first-order chi connectivity index (χ1) is 11.9. The number of aliphatic hydroxyl groups excluding tert-OH is 3. The Kier molecular flexibility index (Phi) is 6.96. The zero-order valence-electron chi connectivity index (χ0n) is 13.9. The monoisotopic (exact) mass is 357 g/mol. The summed E-state index contributed by atoms with van der Waals surface area (Å²) in [6.07, 6.45) is 0.205. The Morgan fingerprint density at radius 3 is 2.68 bits per heavy atom. The van der Waals surface area contributed by atoms with E-state index in [1.807, 2.05) is 0 Å². The van der Waals surface area contributed by atoms with E-state index in [-0.39, 0.29) is 12.6 Å². The van der Waals surface area contributed by atoms with Crippen LogP contribution in [0.1, 0.15) is 12.8 Å². The molecule has 0 radical (unpaired) electrons. The van der Waals surface area contributed by atoms with E-state index in [0.29, 0.717) is 18.9 Å². The average molecular weight is 357 g/mol. The van der Waals surface area contributed by atoms with Crippen molar-refractivity contribution in [1.82, 2.24) is 15.5 Å². The third-order valence-electron chi connectivity index (χ3n) is 4.03. The van der Waals surface area contributed by atoms with Crippen molar-refractivity contribution >= 4 is 11.8 Å². The van der Waals surface area contributed by atoms with E-state index < -0.39 is 30.8 Å². The summed E-state index contributed by atoms with van der Waals surface area (Å²) in [7, 11) is 0. The number of nitrogens with two attached hydrogens (primary N) is 2. The summed E-state index contributed by atoms with van der Waals surface area (Å²) in [5.41, 5.74) is 11.0. The van der Waals surface area contributed by atoms with Crippen LogP contribution in [-0.2, 0) is 4.74 Å². The second-order valence-electron chi connectivity index (χ2n) is 5.92. The minimum Gasteiger partial charge on any atom is -0.394 e. The van der Waals surface area contributed by atoms with E-state index in [0.717, 1.165) is 12.8 Å². The van der Waals surface area contributed by atoms with Crippen LogP contribution in [0.15, 0.2) is 17.3 Å². The SMILES string of the molecule is N=C(N)NCCCCNC1N=C(N)C=CN1[C@@H]1O[C@H](CO)C(O)[C@@H]1O. The molecule has 0 saturated carbocycles. The maximum Gasteiger partial charge on any atom is 0.185 e. The van der Waals surface area contributed by atoms with Gasteiger partial charge < -0.3 is 41.7 Å². The fraction of sp³-hybridized carbons (Fsp3) is 0.714. The lowest BCUT2D eigenvalue weighted by Crippen LogP contribution is -2.53. The van der Waals surface area contributed by atoms with Gasteiger partial charge in [-0.1, -0.05) is 0 Å². The maximum absolute atomic E-state index is 10.2. The van der Waals surface area contributed by atoms with Crippen LogP contribution in [0.5, 0.6) is 0 Å². The molecule has 2 heterocycles. The van der Waals surface area contributed by atoms with Gasteiger partial charge in [-0.15, -0.1) is 0 Å². The topological polar surface area (TPSA) is 185 Å². The molecule has 0 aromatic heterocycles. The first-order valence-electron chi connectivity index (χ1n) is 8.16. The molecule has 5 atom stereocenters. The van der Waals surface area contributed by atoms with Gasteiger partial charge in [-0.05, 0) is 25.5 Å². The molecule has 11 nitrogen and oxygen atoms in total. The number of rotatable bonds is 8. The van der Waals surface area contributed by atoms with Crippen molar-refractivity contribution in [3.63, 3.8) is 0 Å². The van der Waals surface area contributed by atoms with Crippen molar-refractivity contribution in [3.05, 3.63) is 12.3 Å². The zero-order valence-corrected chi connectivity index (χ0v) is 13.9. The molecule has 2 aliphatic heterocycles. The Labute approximate surface area is 145 Å². The molecule has 11 heteroatoms. The Morgan fingerprint density at radius 2 is 2.04 bits per heavy atom. The molecule has 0 bridgehead atoms. The van der Waals surface area contributed by atoms with Crippen molar-refractivity contribution < 1.29 is 20.1 Å². The lowest BCUT2D eigenvalue weighted by atomic mass is 10.1. The standard InChI is InChI=1S/C14H27N7O4/c15-9-3-6-21(12-11(24)10(23)8(7-22)25-12)14(20-9)19-5-2-1-4-18-13(16)17/h3,6,8,10-12,14,19,22-24H,1-2,4-5,7H2,(H2,15,20)(H4,16,17,18)/t8-,10?,11+,12-,14?/m1/s1. The summed E-state index contributed by atoms with van der Waals surface area (Å²) in [5.74, 6) is 0.275. The number of aliphatic hydroxyl groups is 3. The molecule has 10 N–H and O–H groups in total. The minimum absolute atomic E-state index is 0.0571. The van der Waals surface area contributed by atoms with Gasteiger partial charge in [0.2, 0.25) is 0 Å². The second kappa shape index (κ2) is 8.97. The summed E-state index contributed by atoms with van der Waals surface area (Å²) in [6.45, 7) is 0.824. The highest BCUT2D eigenvalue weighted by Crippen LogP contribution is 2.26. The molecule has 1 saturated heterocycles. The van der Waals surface area contributed by atoms with Gasteiger partial charge in [-0.3, -0.25) is 10.7 Å². The molecule has 0 spiro atoms. The number of ether oxygens (including phenoxy) is 1. The summed E-state index contributed by atoms with van der Waals surface area (Å²) >= 11 is 0. The largest absolute Gasteiger partial charge is 0.394 e. The highest BCUT2D eigenvalue weighted by Gasteiger charge is 2.46. The number of nitrogens with zero attached hydrogens (tertiary/aromatic N) is 2. The molecule has 0 aromatic rings. The molecular formula is C14H27N7O4. The molecule has 25 heavy (non-hydrogen) atoms. The Balaban J connectivity index is 1.88. The molecule has 2 rings (SSSR count). The fourth-order valence-electron chi connectivity index (χ4n) is 2.70. The van der Waals surface area contributed by atoms with Crippen molar-refractivity contribution in [2.75, 3.05) is 19.7 Å². The normalized spacial score (nSPS) is 31.9. The molecule has 142 valence electrons. The van der Waals surface area contributed by atoms with E-state index in [4.69, 9.17) is 21.6 Å². The summed E-state index contributed by atoms with van der Waals surface area (Å²) in [6, 6.07) is 0. The maximum atomic E-state index is 10.2. The first-order valence-corrected chi connectivity index (χ1v) is 8.16. The minimum atomic E-state index is -1.18. The van der Waals surface area contributed by atoms with Gasteiger partial charge >= 0.3 is 0 Å².